The van der Waals surface area contributed by atoms with Crippen LogP contribution in [0.1, 0.15) is 38.4 Å². The molecule has 3 nitrogen and oxygen atoms in total. The summed E-state index contributed by atoms with van der Waals surface area (Å²) in [6.45, 7) is 4.28. The normalized spacial score (nSPS) is 25.6. The maximum absolute atomic E-state index is 4.20. The van der Waals surface area contributed by atoms with E-state index < -0.39 is 0 Å². The van der Waals surface area contributed by atoms with Crippen LogP contribution in [0.15, 0.2) is 18.5 Å². The van der Waals surface area contributed by atoms with Crippen LogP contribution in [0.25, 0.3) is 0 Å². The van der Waals surface area contributed by atoms with Gasteiger partial charge in [0.2, 0.25) is 0 Å². The fourth-order valence-corrected chi connectivity index (χ4v) is 2.55. The highest BCUT2D eigenvalue weighted by molar-refractivity contribution is 4.88. The van der Waals surface area contributed by atoms with Gasteiger partial charge in [0.25, 0.3) is 0 Å². The quantitative estimate of drug-likeness (QED) is 0.845. The van der Waals surface area contributed by atoms with Crippen LogP contribution in [0.3, 0.4) is 0 Å². The van der Waals surface area contributed by atoms with Crippen LogP contribution >= 0.6 is 0 Å². The molecular weight excluding hydrogens is 198 g/mol. The van der Waals surface area contributed by atoms with Crippen molar-refractivity contribution in [3.8, 4) is 0 Å². The molecule has 1 saturated carbocycles. The highest BCUT2D eigenvalue weighted by Crippen LogP contribution is 2.27. The number of hydrogen-bond acceptors (Lipinski definition) is 3. The van der Waals surface area contributed by atoms with E-state index in [0.29, 0.717) is 0 Å². The second-order valence-electron chi connectivity index (χ2n) is 4.93. The van der Waals surface area contributed by atoms with Gasteiger partial charge in [-0.25, -0.2) is 9.97 Å². The predicted octanol–water partition coefficient (Wildman–Crippen LogP) is 2.39. The number of nitrogens with zero attached hydrogens (tertiary/aromatic N) is 2. The van der Waals surface area contributed by atoms with E-state index in [9.17, 15) is 0 Å². The van der Waals surface area contributed by atoms with Crippen molar-refractivity contribution >= 4 is 0 Å². The Bertz CT molecular complexity index is 299. The molecular formula is C13H21N3. The third-order valence-corrected chi connectivity index (χ3v) is 3.38. The Kier molecular flexibility index (Phi) is 4.28. The fraction of sp³-hybridized carbons (Fsp3) is 0.692. The first-order chi connectivity index (χ1) is 7.84. The first-order valence-corrected chi connectivity index (χ1v) is 6.31. The number of nitrogens with one attached hydrogen (secondary N) is 1. The summed E-state index contributed by atoms with van der Waals surface area (Å²) < 4.78 is 0. The van der Waals surface area contributed by atoms with Gasteiger partial charge in [0.1, 0.15) is 5.82 Å². The smallest absolute Gasteiger partial charge is 0.141 e. The van der Waals surface area contributed by atoms with Crippen molar-refractivity contribution in [2.75, 3.05) is 6.54 Å². The second-order valence-corrected chi connectivity index (χ2v) is 4.93. The summed E-state index contributed by atoms with van der Waals surface area (Å²) >= 11 is 0. The van der Waals surface area contributed by atoms with E-state index in [4.69, 9.17) is 0 Å². The van der Waals surface area contributed by atoms with Crippen LogP contribution in [0, 0.1) is 11.8 Å². The lowest BCUT2D eigenvalue weighted by atomic mass is 9.82. The summed E-state index contributed by atoms with van der Waals surface area (Å²) in [5.41, 5.74) is 0. The van der Waals surface area contributed by atoms with Gasteiger partial charge in [-0.15, -0.1) is 0 Å². The zero-order chi connectivity index (χ0) is 11.2. The van der Waals surface area contributed by atoms with Crippen LogP contribution in [0.4, 0.5) is 0 Å². The molecule has 2 rings (SSSR count). The van der Waals surface area contributed by atoms with E-state index in [-0.39, 0.29) is 0 Å². The number of rotatable bonds is 4. The van der Waals surface area contributed by atoms with Crippen LogP contribution in [0.5, 0.6) is 0 Å². The fourth-order valence-electron chi connectivity index (χ4n) is 2.55. The molecule has 0 amide bonds. The van der Waals surface area contributed by atoms with E-state index >= 15 is 0 Å². The Morgan fingerprint density at radius 2 is 2.12 bits per heavy atom. The van der Waals surface area contributed by atoms with E-state index in [0.717, 1.165) is 30.7 Å². The van der Waals surface area contributed by atoms with Crippen molar-refractivity contribution in [2.45, 2.75) is 39.2 Å². The number of aromatic nitrogens is 2. The van der Waals surface area contributed by atoms with Crippen LogP contribution in [0.2, 0.25) is 0 Å². The lowest BCUT2D eigenvalue weighted by Crippen LogP contribution is -2.26. The molecule has 88 valence electrons. The summed E-state index contributed by atoms with van der Waals surface area (Å²) in [6.07, 6.45) is 9.17. The minimum atomic E-state index is 0.797. The lowest BCUT2D eigenvalue weighted by Gasteiger charge is -2.26. The molecule has 1 fully saturated rings. The standard InChI is InChI=1S/C13H21N3/c1-11-4-2-5-12(8-11)9-14-10-13-15-6-3-7-16-13/h3,6-7,11-12,14H,2,4-5,8-10H2,1H3. The van der Waals surface area contributed by atoms with Gasteiger partial charge in [-0.3, -0.25) is 0 Å². The summed E-state index contributed by atoms with van der Waals surface area (Å²) in [5.74, 6) is 2.66. The molecule has 16 heavy (non-hydrogen) atoms. The third-order valence-electron chi connectivity index (χ3n) is 3.38. The molecule has 0 radical (unpaired) electrons. The molecule has 0 saturated heterocycles. The molecule has 0 spiro atoms. The van der Waals surface area contributed by atoms with Gasteiger partial charge in [-0.1, -0.05) is 19.8 Å². The molecule has 0 aromatic carbocycles. The summed E-state index contributed by atoms with van der Waals surface area (Å²) in [5, 5.41) is 3.47. The summed E-state index contributed by atoms with van der Waals surface area (Å²) in [6, 6.07) is 1.85. The summed E-state index contributed by atoms with van der Waals surface area (Å²) in [7, 11) is 0. The Morgan fingerprint density at radius 3 is 2.88 bits per heavy atom. The van der Waals surface area contributed by atoms with Crippen molar-refractivity contribution in [3.05, 3.63) is 24.3 Å². The highest BCUT2D eigenvalue weighted by atomic mass is 15.0. The van der Waals surface area contributed by atoms with Crippen LogP contribution in [-0.2, 0) is 6.54 Å². The molecule has 2 atom stereocenters. The van der Waals surface area contributed by atoms with Gasteiger partial charge < -0.3 is 5.32 Å². The maximum Gasteiger partial charge on any atom is 0.141 e. The highest BCUT2D eigenvalue weighted by Gasteiger charge is 2.18. The zero-order valence-electron chi connectivity index (χ0n) is 10.0. The van der Waals surface area contributed by atoms with Gasteiger partial charge in [-0.2, -0.15) is 0 Å². The van der Waals surface area contributed by atoms with Crippen molar-refractivity contribution in [2.24, 2.45) is 11.8 Å². The molecule has 2 unspecified atom stereocenters. The number of hydrogen-bond donors (Lipinski definition) is 1. The van der Waals surface area contributed by atoms with Crippen LogP contribution in [-0.4, -0.2) is 16.5 Å². The maximum atomic E-state index is 4.20. The van der Waals surface area contributed by atoms with Gasteiger partial charge >= 0.3 is 0 Å². The SMILES string of the molecule is CC1CCCC(CNCc2ncccn2)C1. The molecule has 1 aliphatic rings. The third kappa shape index (κ3) is 3.56. The molecule has 3 heteroatoms. The van der Waals surface area contributed by atoms with Gasteiger partial charge in [0, 0.05) is 12.4 Å². The van der Waals surface area contributed by atoms with E-state index in [2.05, 4.69) is 22.2 Å². The topological polar surface area (TPSA) is 37.8 Å². The Balaban J connectivity index is 1.68. The van der Waals surface area contributed by atoms with Crippen LogP contribution < -0.4 is 5.32 Å². The molecule has 1 aliphatic carbocycles. The lowest BCUT2D eigenvalue weighted by molar-refractivity contribution is 0.273. The van der Waals surface area contributed by atoms with E-state index in [1.54, 1.807) is 12.4 Å². The molecule has 0 aliphatic heterocycles. The molecule has 1 aromatic rings. The van der Waals surface area contributed by atoms with E-state index in [1.165, 1.54) is 25.7 Å². The van der Waals surface area contributed by atoms with Gasteiger partial charge in [0.05, 0.1) is 6.54 Å². The Hall–Kier alpha value is -0.960. The summed E-state index contributed by atoms with van der Waals surface area (Å²) in [4.78, 5) is 8.41. The average Bonchev–Trinajstić information content (AvgIpc) is 2.30. The van der Waals surface area contributed by atoms with Crippen molar-refractivity contribution in [3.63, 3.8) is 0 Å². The molecule has 0 bridgehead atoms. The minimum absolute atomic E-state index is 0.797. The van der Waals surface area contributed by atoms with Gasteiger partial charge in [-0.05, 0) is 37.3 Å². The van der Waals surface area contributed by atoms with Crippen molar-refractivity contribution in [1.29, 1.82) is 0 Å². The van der Waals surface area contributed by atoms with Crippen molar-refractivity contribution < 1.29 is 0 Å². The predicted molar refractivity (Wildman–Crippen MR) is 64.9 cm³/mol. The Morgan fingerprint density at radius 1 is 1.31 bits per heavy atom. The van der Waals surface area contributed by atoms with Crippen molar-refractivity contribution in [1.82, 2.24) is 15.3 Å². The molecule has 1 aromatic heterocycles. The zero-order valence-corrected chi connectivity index (χ0v) is 10.0. The van der Waals surface area contributed by atoms with Gasteiger partial charge in [0.15, 0.2) is 0 Å². The monoisotopic (exact) mass is 219 g/mol. The Labute approximate surface area is 97.7 Å². The molecule has 1 N–H and O–H groups in total. The average molecular weight is 219 g/mol. The second kappa shape index (κ2) is 5.94. The minimum Gasteiger partial charge on any atom is -0.310 e. The first kappa shape index (κ1) is 11.5. The first-order valence-electron chi connectivity index (χ1n) is 6.31. The van der Waals surface area contributed by atoms with E-state index in [1.807, 2.05) is 6.07 Å². The molecule has 1 heterocycles. The largest absolute Gasteiger partial charge is 0.310 e.